The number of likely N-dealkylation sites (tertiary alicyclic amines) is 1. The smallest absolute Gasteiger partial charge is 0.228 e. The molecule has 2 heterocycles. The number of ether oxygens (including phenoxy) is 1. The van der Waals surface area contributed by atoms with Crippen molar-refractivity contribution in [3.8, 4) is 5.75 Å². The number of hydrogen-bond donors (Lipinski definition) is 1. The molecule has 1 aromatic carbocycles. The zero-order valence-electron chi connectivity index (χ0n) is 12.4. The quantitative estimate of drug-likeness (QED) is 0.942. The Kier molecular flexibility index (Phi) is 4.34. The summed E-state index contributed by atoms with van der Waals surface area (Å²) < 4.78 is 5.89. The molecule has 116 valence electrons. The van der Waals surface area contributed by atoms with Crippen LogP contribution in [-0.4, -0.2) is 40.2 Å². The van der Waals surface area contributed by atoms with Gasteiger partial charge in [-0.2, -0.15) is 5.10 Å². The molecule has 1 aliphatic heterocycles. The number of nitrogens with one attached hydrogen (secondary N) is 1. The van der Waals surface area contributed by atoms with Crippen molar-refractivity contribution in [2.75, 3.05) is 13.1 Å². The van der Waals surface area contributed by atoms with Crippen LogP contribution in [0.25, 0.3) is 0 Å². The van der Waals surface area contributed by atoms with Gasteiger partial charge in [0.25, 0.3) is 0 Å². The van der Waals surface area contributed by atoms with E-state index >= 15 is 0 Å². The Bertz CT molecular complexity index is 671. The molecule has 0 saturated carbocycles. The maximum absolute atomic E-state index is 12.3. The number of aromatic amines is 1. The highest BCUT2D eigenvalue weighted by Gasteiger charge is 2.27. The van der Waals surface area contributed by atoms with Gasteiger partial charge in [-0.25, -0.2) is 0 Å². The second kappa shape index (κ2) is 6.40. The number of carbonyl (C=O) groups is 1. The van der Waals surface area contributed by atoms with Gasteiger partial charge >= 0.3 is 0 Å². The zero-order valence-corrected chi connectivity index (χ0v) is 13.1. The Morgan fingerprint density at radius 1 is 1.50 bits per heavy atom. The molecule has 3 rings (SSSR count). The van der Waals surface area contributed by atoms with Crippen LogP contribution in [0, 0.1) is 6.92 Å². The van der Waals surface area contributed by atoms with E-state index < -0.39 is 0 Å². The van der Waals surface area contributed by atoms with Gasteiger partial charge in [0.15, 0.2) is 0 Å². The Labute approximate surface area is 134 Å². The molecule has 22 heavy (non-hydrogen) atoms. The fourth-order valence-electron chi connectivity index (χ4n) is 2.62. The molecular formula is C16H18ClN3O2. The second-order valence-corrected chi connectivity index (χ2v) is 5.98. The first-order valence-electron chi connectivity index (χ1n) is 7.31. The third kappa shape index (κ3) is 3.60. The number of H-pyrrole nitrogens is 1. The molecule has 0 radical (unpaired) electrons. The van der Waals surface area contributed by atoms with Crippen LogP contribution in [0.5, 0.6) is 5.75 Å². The van der Waals surface area contributed by atoms with Crippen molar-refractivity contribution >= 4 is 17.5 Å². The lowest BCUT2D eigenvalue weighted by Gasteiger charge is -2.17. The fourth-order valence-corrected chi connectivity index (χ4v) is 2.80. The summed E-state index contributed by atoms with van der Waals surface area (Å²) in [4.78, 5) is 14.1. The standard InChI is InChI=1S/C16H18ClN3O2/c1-11-7-13(19-18-11)9-16(21)20-6-5-15(10-20)22-14-4-2-3-12(17)8-14/h2-4,7-8,15H,5-6,9-10H2,1H3,(H,18,19)/t15-/m1/s1. The molecule has 1 aromatic heterocycles. The van der Waals surface area contributed by atoms with Crippen molar-refractivity contribution in [3.63, 3.8) is 0 Å². The van der Waals surface area contributed by atoms with Gasteiger partial charge in [0.05, 0.1) is 18.7 Å². The van der Waals surface area contributed by atoms with Crippen LogP contribution in [0.4, 0.5) is 0 Å². The third-order valence-corrected chi connectivity index (χ3v) is 3.92. The molecule has 1 fully saturated rings. The number of aromatic nitrogens is 2. The van der Waals surface area contributed by atoms with Gasteiger partial charge in [0.2, 0.25) is 5.91 Å². The van der Waals surface area contributed by atoms with Gasteiger partial charge in [-0.3, -0.25) is 9.89 Å². The Morgan fingerprint density at radius 3 is 3.09 bits per heavy atom. The minimum absolute atomic E-state index is 0.0170. The highest BCUT2D eigenvalue weighted by Crippen LogP contribution is 2.22. The number of halogens is 1. The van der Waals surface area contributed by atoms with Crippen LogP contribution < -0.4 is 4.74 Å². The summed E-state index contributed by atoms with van der Waals surface area (Å²) in [5.74, 6) is 0.832. The fraction of sp³-hybridized carbons (Fsp3) is 0.375. The lowest BCUT2D eigenvalue weighted by Crippen LogP contribution is -2.32. The average Bonchev–Trinajstić information content (AvgIpc) is 3.08. The summed E-state index contributed by atoms with van der Waals surface area (Å²) >= 11 is 5.95. The largest absolute Gasteiger partial charge is 0.488 e. The summed E-state index contributed by atoms with van der Waals surface area (Å²) in [5.41, 5.74) is 1.74. The number of amides is 1. The summed E-state index contributed by atoms with van der Waals surface area (Å²) in [6, 6.07) is 9.23. The van der Waals surface area contributed by atoms with Crippen LogP contribution >= 0.6 is 11.6 Å². The minimum atomic E-state index is 0.0170. The number of nitrogens with zero attached hydrogens (tertiary/aromatic N) is 2. The van der Waals surface area contributed by atoms with Crippen molar-refractivity contribution in [1.82, 2.24) is 15.1 Å². The van der Waals surface area contributed by atoms with E-state index in [0.717, 1.165) is 23.6 Å². The van der Waals surface area contributed by atoms with E-state index in [1.54, 1.807) is 6.07 Å². The summed E-state index contributed by atoms with van der Waals surface area (Å²) in [7, 11) is 0. The molecule has 1 N–H and O–H groups in total. The predicted molar refractivity (Wildman–Crippen MR) is 84.1 cm³/mol. The van der Waals surface area contributed by atoms with E-state index in [1.165, 1.54) is 0 Å². The van der Waals surface area contributed by atoms with E-state index in [1.807, 2.05) is 36.1 Å². The Hall–Kier alpha value is -2.01. The molecular weight excluding hydrogens is 302 g/mol. The van der Waals surface area contributed by atoms with Crippen molar-refractivity contribution in [2.45, 2.75) is 25.9 Å². The van der Waals surface area contributed by atoms with E-state index in [0.29, 0.717) is 24.5 Å². The molecule has 0 unspecified atom stereocenters. The highest BCUT2D eigenvalue weighted by molar-refractivity contribution is 6.30. The summed E-state index contributed by atoms with van der Waals surface area (Å²) in [6.45, 7) is 3.24. The van der Waals surface area contributed by atoms with Gasteiger partial charge in [0, 0.05) is 23.7 Å². The molecule has 0 aliphatic carbocycles. The highest BCUT2D eigenvalue weighted by atomic mass is 35.5. The normalized spacial score (nSPS) is 17.7. The molecule has 1 amide bonds. The van der Waals surface area contributed by atoms with Crippen LogP contribution in [0.2, 0.25) is 5.02 Å². The molecule has 2 aromatic rings. The van der Waals surface area contributed by atoms with Crippen molar-refractivity contribution in [3.05, 3.63) is 46.7 Å². The predicted octanol–water partition coefficient (Wildman–Crippen LogP) is 2.59. The number of hydrogen-bond acceptors (Lipinski definition) is 3. The van der Waals surface area contributed by atoms with Crippen LogP contribution in [0.1, 0.15) is 17.8 Å². The van der Waals surface area contributed by atoms with Crippen LogP contribution in [0.15, 0.2) is 30.3 Å². The van der Waals surface area contributed by atoms with E-state index in [-0.39, 0.29) is 12.0 Å². The average molecular weight is 320 g/mol. The van der Waals surface area contributed by atoms with E-state index in [4.69, 9.17) is 16.3 Å². The Balaban J connectivity index is 1.54. The van der Waals surface area contributed by atoms with Crippen molar-refractivity contribution in [2.24, 2.45) is 0 Å². The van der Waals surface area contributed by atoms with E-state index in [2.05, 4.69) is 10.2 Å². The molecule has 0 spiro atoms. The van der Waals surface area contributed by atoms with Crippen molar-refractivity contribution in [1.29, 1.82) is 0 Å². The van der Waals surface area contributed by atoms with Gasteiger partial charge in [-0.05, 0) is 31.2 Å². The first-order chi connectivity index (χ1) is 10.6. The number of benzene rings is 1. The molecule has 1 saturated heterocycles. The topological polar surface area (TPSA) is 58.2 Å². The summed E-state index contributed by atoms with van der Waals surface area (Å²) in [5, 5.41) is 7.61. The van der Waals surface area contributed by atoms with Gasteiger partial charge in [0.1, 0.15) is 11.9 Å². The summed E-state index contributed by atoms with van der Waals surface area (Å²) in [6.07, 6.45) is 1.18. The molecule has 1 aliphatic rings. The van der Waals surface area contributed by atoms with E-state index in [9.17, 15) is 4.79 Å². The molecule has 6 heteroatoms. The number of rotatable bonds is 4. The SMILES string of the molecule is Cc1cc(CC(=O)N2CC[C@@H](Oc3cccc(Cl)c3)C2)n[nH]1. The van der Waals surface area contributed by atoms with Gasteiger partial charge in [-0.15, -0.1) is 0 Å². The molecule has 1 atom stereocenters. The maximum Gasteiger partial charge on any atom is 0.228 e. The first-order valence-corrected chi connectivity index (χ1v) is 7.69. The van der Waals surface area contributed by atoms with Gasteiger partial charge in [-0.1, -0.05) is 17.7 Å². The van der Waals surface area contributed by atoms with Crippen LogP contribution in [0.3, 0.4) is 0 Å². The monoisotopic (exact) mass is 319 g/mol. The van der Waals surface area contributed by atoms with Gasteiger partial charge < -0.3 is 9.64 Å². The Morgan fingerprint density at radius 2 is 2.36 bits per heavy atom. The number of carbonyl (C=O) groups excluding carboxylic acids is 1. The first kappa shape index (κ1) is 14.9. The molecule has 5 nitrogen and oxygen atoms in total. The minimum Gasteiger partial charge on any atom is -0.488 e. The number of aryl methyl sites for hydroxylation is 1. The third-order valence-electron chi connectivity index (χ3n) is 3.69. The van der Waals surface area contributed by atoms with Crippen molar-refractivity contribution < 1.29 is 9.53 Å². The van der Waals surface area contributed by atoms with Crippen LogP contribution in [-0.2, 0) is 11.2 Å². The second-order valence-electron chi connectivity index (χ2n) is 5.54. The lowest BCUT2D eigenvalue weighted by atomic mass is 10.2. The maximum atomic E-state index is 12.3. The molecule has 0 bridgehead atoms. The zero-order chi connectivity index (χ0) is 15.5. The lowest BCUT2D eigenvalue weighted by molar-refractivity contribution is -0.129.